The molecule has 0 aliphatic carbocycles. The summed E-state index contributed by atoms with van der Waals surface area (Å²) in [6.07, 6.45) is 4.12. The van der Waals surface area contributed by atoms with Crippen molar-refractivity contribution in [3.8, 4) is 11.5 Å². The number of ether oxygens (including phenoxy) is 1. The Bertz CT molecular complexity index is 1450. The molecule has 3 aromatic rings. The summed E-state index contributed by atoms with van der Waals surface area (Å²) in [6.45, 7) is 22.4. The van der Waals surface area contributed by atoms with Crippen LogP contribution < -0.4 is 14.2 Å². The number of hydrogen-bond acceptors (Lipinski definition) is 5. The maximum absolute atomic E-state index is 12.1. The smallest absolute Gasteiger partial charge is 0.325 e. The molecule has 0 aliphatic heterocycles. The highest BCUT2D eigenvalue weighted by atomic mass is 28.4. The molecule has 0 radical (unpaired) electrons. The molecule has 44 heavy (non-hydrogen) atoms. The molecule has 6 nitrogen and oxygen atoms in total. The van der Waals surface area contributed by atoms with Crippen LogP contribution in [0.5, 0.6) is 11.5 Å². The quantitative estimate of drug-likeness (QED) is 0.130. The van der Waals surface area contributed by atoms with Crippen molar-refractivity contribution in [2.45, 2.75) is 84.4 Å². The molecule has 0 aromatic heterocycles. The number of hydrogen-bond donors (Lipinski definition) is 1. The van der Waals surface area contributed by atoms with Crippen molar-refractivity contribution in [3.63, 3.8) is 0 Å². The van der Waals surface area contributed by atoms with Crippen LogP contribution in [0.25, 0.3) is 12.2 Å². The number of rotatable bonds is 11. The van der Waals surface area contributed by atoms with Gasteiger partial charge >= 0.3 is 5.97 Å². The van der Waals surface area contributed by atoms with E-state index in [-0.39, 0.29) is 29.1 Å². The first kappa shape index (κ1) is 34.9. The molecular formula is C36H49NO5Si2. The molecule has 0 fully saturated rings. The van der Waals surface area contributed by atoms with E-state index in [2.05, 4.69) is 97.3 Å². The average molecular weight is 632 g/mol. The highest BCUT2D eigenvalue weighted by molar-refractivity contribution is 6.75. The summed E-state index contributed by atoms with van der Waals surface area (Å²) in [5.41, 5.74) is 3.40. The molecular weight excluding hydrogens is 583 g/mol. The minimum Gasteiger partial charge on any atom is -0.541 e. The summed E-state index contributed by atoms with van der Waals surface area (Å²) in [4.78, 5) is 24.3. The monoisotopic (exact) mass is 631 g/mol. The third-order valence-corrected chi connectivity index (χ3v) is 17.3. The summed E-state index contributed by atoms with van der Waals surface area (Å²) in [5.74, 6) is 0.822. The maximum Gasteiger partial charge on any atom is 0.325 e. The molecule has 0 atom stereocenters. The Labute approximate surface area is 266 Å². The Morgan fingerprint density at radius 2 is 1.23 bits per heavy atom. The van der Waals surface area contributed by atoms with Gasteiger partial charge in [0.2, 0.25) is 0 Å². The Morgan fingerprint density at radius 3 is 1.80 bits per heavy atom. The largest absolute Gasteiger partial charge is 0.541 e. The first-order valence-corrected chi connectivity index (χ1v) is 21.0. The van der Waals surface area contributed by atoms with E-state index in [1.54, 1.807) is 24.3 Å². The van der Waals surface area contributed by atoms with Crippen LogP contribution in [0.15, 0.2) is 72.8 Å². The molecule has 236 valence electrons. The van der Waals surface area contributed by atoms with Gasteiger partial charge in [-0.25, -0.2) is 0 Å². The summed E-state index contributed by atoms with van der Waals surface area (Å²) >= 11 is 0. The normalized spacial score (nSPS) is 12.6. The van der Waals surface area contributed by atoms with Crippen LogP contribution in [0.3, 0.4) is 0 Å². The number of carbonyl (C=O) groups excluding carboxylic acids is 2. The third-order valence-electron chi connectivity index (χ3n) is 8.59. The molecule has 8 heteroatoms. The van der Waals surface area contributed by atoms with Crippen LogP contribution >= 0.6 is 0 Å². The SMILES string of the molecule is CC(C)(C)[Si](C)(C)Oc1ccc(/C=C/c2ccc(COC(=O)CNC(=O)c3ccccc3)cc2)cc1O[Si](C)(C)C(C)(C)C. The standard InChI is InChI=1S/C36H49NO5Si2/c1-35(2,3)43(7,8)41-31-23-22-28(24-32(31)42-44(9,10)36(4,5)6)19-16-27-17-20-29(21-18-27)26-40-33(38)25-37-34(39)30-14-12-11-13-15-30/h11-24H,25-26H2,1-10H3,(H,37,39)/b19-16+. The van der Waals surface area contributed by atoms with Gasteiger partial charge in [-0.2, -0.15) is 0 Å². The van der Waals surface area contributed by atoms with E-state index in [0.717, 1.165) is 28.2 Å². The van der Waals surface area contributed by atoms with E-state index in [4.69, 9.17) is 13.6 Å². The lowest BCUT2D eigenvalue weighted by molar-refractivity contribution is -0.143. The Hall–Kier alpha value is -3.63. The predicted molar refractivity (Wildman–Crippen MR) is 186 cm³/mol. The van der Waals surface area contributed by atoms with E-state index in [1.165, 1.54) is 0 Å². The molecule has 0 heterocycles. The van der Waals surface area contributed by atoms with E-state index in [1.807, 2.05) is 36.4 Å². The molecule has 0 spiro atoms. The Morgan fingerprint density at radius 1 is 0.705 bits per heavy atom. The second-order valence-electron chi connectivity index (χ2n) is 14.2. The molecule has 1 N–H and O–H groups in total. The Balaban J connectivity index is 1.67. The van der Waals surface area contributed by atoms with Gasteiger partial charge in [0.05, 0.1) is 0 Å². The second-order valence-corrected chi connectivity index (χ2v) is 23.7. The first-order valence-electron chi connectivity index (χ1n) is 15.2. The number of carbonyl (C=O) groups is 2. The Kier molecular flexibility index (Phi) is 11.1. The maximum atomic E-state index is 12.1. The van der Waals surface area contributed by atoms with Crippen LogP contribution in [-0.2, 0) is 16.1 Å². The summed E-state index contributed by atoms with van der Waals surface area (Å²) in [5, 5.41) is 2.71. The summed E-state index contributed by atoms with van der Waals surface area (Å²) in [7, 11) is -4.17. The van der Waals surface area contributed by atoms with Crippen molar-refractivity contribution in [2.75, 3.05) is 6.54 Å². The van der Waals surface area contributed by atoms with Crippen LogP contribution in [0, 0.1) is 0 Å². The predicted octanol–water partition coefficient (Wildman–Crippen LogP) is 9.10. The van der Waals surface area contributed by atoms with Crippen LogP contribution in [0.4, 0.5) is 0 Å². The van der Waals surface area contributed by atoms with E-state index >= 15 is 0 Å². The van der Waals surface area contributed by atoms with Gasteiger partial charge in [0.25, 0.3) is 22.5 Å². The van der Waals surface area contributed by atoms with Gasteiger partial charge < -0.3 is 18.9 Å². The van der Waals surface area contributed by atoms with Crippen LogP contribution in [-0.4, -0.2) is 35.1 Å². The molecule has 3 rings (SSSR count). The van der Waals surface area contributed by atoms with Crippen molar-refractivity contribution in [1.82, 2.24) is 5.32 Å². The van der Waals surface area contributed by atoms with Gasteiger partial charge in [-0.3, -0.25) is 9.59 Å². The zero-order valence-corrected chi connectivity index (χ0v) is 30.0. The minimum absolute atomic E-state index is 0.0548. The highest BCUT2D eigenvalue weighted by Crippen LogP contribution is 2.43. The third kappa shape index (κ3) is 9.69. The van der Waals surface area contributed by atoms with Crippen LogP contribution in [0.1, 0.15) is 68.6 Å². The minimum atomic E-state index is -2.10. The van der Waals surface area contributed by atoms with Gasteiger partial charge in [-0.1, -0.05) is 102 Å². The second kappa shape index (κ2) is 14.0. The van der Waals surface area contributed by atoms with E-state index in [0.29, 0.717) is 5.56 Å². The fourth-order valence-corrected chi connectivity index (χ4v) is 5.66. The first-order chi connectivity index (χ1) is 20.4. The van der Waals surface area contributed by atoms with Crippen molar-refractivity contribution in [3.05, 3.63) is 95.1 Å². The van der Waals surface area contributed by atoms with Crippen LogP contribution in [0.2, 0.25) is 36.3 Å². The lowest BCUT2D eigenvalue weighted by Gasteiger charge is -2.39. The summed E-state index contributed by atoms with van der Waals surface area (Å²) in [6, 6.07) is 22.8. The molecule has 0 saturated heterocycles. The van der Waals surface area contributed by atoms with Crippen molar-refractivity contribution < 1.29 is 23.2 Å². The van der Waals surface area contributed by atoms with E-state index < -0.39 is 22.6 Å². The topological polar surface area (TPSA) is 73.9 Å². The fourth-order valence-electron chi connectivity index (χ4n) is 3.62. The van der Waals surface area contributed by atoms with Crippen molar-refractivity contribution in [1.29, 1.82) is 0 Å². The van der Waals surface area contributed by atoms with E-state index in [9.17, 15) is 9.59 Å². The molecule has 0 bridgehead atoms. The molecule has 0 unspecified atom stereocenters. The number of amides is 1. The van der Waals surface area contributed by atoms with Gasteiger partial charge in [0.15, 0.2) is 0 Å². The fraction of sp³-hybridized carbons (Fsp3) is 0.389. The number of nitrogens with one attached hydrogen (secondary N) is 1. The van der Waals surface area contributed by atoms with Crippen molar-refractivity contribution in [2.24, 2.45) is 0 Å². The lowest BCUT2D eigenvalue weighted by atomic mass is 10.1. The molecule has 1 amide bonds. The molecule has 0 aliphatic rings. The highest BCUT2D eigenvalue weighted by Gasteiger charge is 2.42. The zero-order chi connectivity index (χ0) is 32.8. The van der Waals surface area contributed by atoms with Gasteiger partial charge in [-0.15, -0.1) is 0 Å². The average Bonchev–Trinajstić information content (AvgIpc) is 2.94. The molecule has 3 aromatic carbocycles. The molecule has 0 saturated carbocycles. The van der Waals surface area contributed by atoms with Gasteiger partial charge in [-0.05, 0) is 77.2 Å². The summed E-state index contributed by atoms with van der Waals surface area (Å²) < 4.78 is 18.9. The van der Waals surface area contributed by atoms with Crippen molar-refractivity contribution >= 4 is 40.7 Å². The zero-order valence-electron chi connectivity index (χ0n) is 28.0. The van der Waals surface area contributed by atoms with Gasteiger partial charge in [0, 0.05) is 5.56 Å². The number of esters is 1. The lowest BCUT2D eigenvalue weighted by Crippen LogP contribution is -2.45. The van der Waals surface area contributed by atoms with Gasteiger partial charge in [0.1, 0.15) is 24.7 Å². The number of benzene rings is 3.